The Kier molecular flexibility index (Phi) is 5.35. The van der Waals surface area contributed by atoms with E-state index in [1.165, 1.54) is 26.0 Å². The molecule has 1 atom stereocenters. The summed E-state index contributed by atoms with van der Waals surface area (Å²) in [4.78, 5) is 26.3. The molecule has 0 amide bonds. The third-order valence-corrected chi connectivity index (χ3v) is 4.92. The Morgan fingerprint density at radius 3 is 2.48 bits per heavy atom. The molecule has 31 heavy (non-hydrogen) atoms. The number of tetrazole rings is 1. The van der Waals surface area contributed by atoms with Gasteiger partial charge in [-0.05, 0) is 22.6 Å². The average Bonchev–Trinajstić information content (AvgIpc) is 3.30. The number of carbonyl (C=O) groups excluding carboxylic acids is 2. The van der Waals surface area contributed by atoms with Crippen LogP contribution in [0.5, 0.6) is 11.5 Å². The number of ether oxygens (including phenoxy) is 3. The molecule has 10 nitrogen and oxygen atoms in total. The minimum absolute atomic E-state index is 0.0403. The summed E-state index contributed by atoms with van der Waals surface area (Å²) in [5, 5.41) is 14.5. The molecule has 0 aliphatic carbocycles. The molecule has 1 N–H and O–H groups in total. The number of hydrogen-bond donors (Lipinski definition) is 1. The summed E-state index contributed by atoms with van der Waals surface area (Å²) in [6.07, 6.45) is 0. The van der Waals surface area contributed by atoms with E-state index in [0.29, 0.717) is 22.6 Å². The fourth-order valence-electron chi connectivity index (χ4n) is 3.47. The molecule has 2 heterocycles. The number of carbonyl (C=O) groups is 2. The van der Waals surface area contributed by atoms with Crippen molar-refractivity contribution in [3.05, 3.63) is 70.9 Å². The normalized spacial score (nSPS) is 15.0. The van der Waals surface area contributed by atoms with Gasteiger partial charge in [0.05, 0.1) is 26.9 Å². The highest BCUT2D eigenvalue weighted by molar-refractivity contribution is 6.15. The Labute approximate surface area is 177 Å². The number of nitrogens with one attached hydrogen (secondary N) is 1. The molecule has 1 aliphatic rings. The number of fused-ring (bicyclic) bond motifs is 1. The molecule has 0 bridgehead atoms. The summed E-state index contributed by atoms with van der Waals surface area (Å²) < 4.78 is 17.2. The first kappa shape index (κ1) is 20.1. The maximum absolute atomic E-state index is 13.6. The maximum atomic E-state index is 13.6. The Morgan fingerprint density at radius 2 is 1.81 bits per heavy atom. The minimum atomic E-state index is -0.853. The van der Waals surface area contributed by atoms with E-state index in [1.54, 1.807) is 48.5 Å². The molecule has 0 saturated heterocycles. The Balaban J connectivity index is 1.99. The molecular formula is C21H19N5O5. The zero-order chi connectivity index (χ0) is 22.0. The fraction of sp³-hybridized carbons (Fsp3) is 0.190. The lowest BCUT2D eigenvalue weighted by atomic mass is 9.89. The van der Waals surface area contributed by atoms with Crippen LogP contribution in [0, 0.1) is 0 Å². The van der Waals surface area contributed by atoms with Gasteiger partial charge in [0.2, 0.25) is 5.95 Å². The first-order valence-electron chi connectivity index (χ1n) is 9.28. The summed E-state index contributed by atoms with van der Waals surface area (Å²) in [6, 6.07) is 12.9. The van der Waals surface area contributed by atoms with Crippen molar-refractivity contribution in [1.82, 2.24) is 20.2 Å². The van der Waals surface area contributed by atoms with Crippen molar-refractivity contribution >= 4 is 17.7 Å². The van der Waals surface area contributed by atoms with Crippen molar-refractivity contribution in [2.75, 3.05) is 26.6 Å². The van der Waals surface area contributed by atoms with Crippen molar-refractivity contribution in [2.45, 2.75) is 6.04 Å². The van der Waals surface area contributed by atoms with Gasteiger partial charge in [0, 0.05) is 17.2 Å². The van der Waals surface area contributed by atoms with Crippen LogP contribution in [0.4, 0.5) is 5.95 Å². The Morgan fingerprint density at radius 1 is 1.03 bits per heavy atom. The van der Waals surface area contributed by atoms with Crippen molar-refractivity contribution in [1.29, 1.82) is 0 Å². The van der Waals surface area contributed by atoms with Crippen molar-refractivity contribution in [2.24, 2.45) is 0 Å². The fourth-order valence-corrected chi connectivity index (χ4v) is 3.47. The SMILES string of the molecule is COC(=O)C1=C(C(=O)c2ccccc2)C(c2ccc(OC)cc2OC)n2nnnc2N1. The van der Waals surface area contributed by atoms with Crippen molar-refractivity contribution < 1.29 is 23.8 Å². The van der Waals surface area contributed by atoms with Gasteiger partial charge >= 0.3 is 5.97 Å². The maximum Gasteiger partial charge on any atom is 0.355 e. The molecule has 0 radical (unpaired) electrons. The number of rotatable bonds is 6. The van der Waals surface area contributed by atoms with E-state index in [4.69, 9.17) is 14.2 Å². The molecule has 0 spiro atoms. The van der Waals surface area contributed by atoms with Crippen LogP contribution in [0.2, 0.25) is 0 Å². The van der Waals surface area contributed by atoms with Gasteiger partial charge in [-0.25, -0.2) is 4.79 Å². The number of esters is 1. The predicted octanol–water partition coefficient (Wildman–Crippen LogP) is 2.02. The average molecular weight is 421 g/mol. The molecule has 10 heteroatoms. The second-order valence-corrected chi connectivity index (χ2v) is 6.56. The number of anilines is 1. The first-order valence-corrected chi connectivity index (χ1v) is 9.28. The molecule has 4 rings (SSSR count). The van der Waals surface area contributed by atoms with Crippen molar-refractivity contribution in [3.63, 3.8) is 0 Å². The van der Waals surface area contributed by atoms with Gasteiger partial charge in [0.1, 0.15) is 23.2 Å². The number of methoxy groups -OCH3 is 3. The van der Waals surface area contributed by atoms with Crippen LogP contribution in [-0.2, 0) is 9.53 Å². The molecule has 0 saturated carbocycles. The van der Waals surface area contributed by atoms with E-state index in [9.17, 15) is 9.59 Å². The molecule has 1 aromatic heterocycles. The lowest BCUT2D eigenvalue weighted by molar-refractivity contribution is -0.136. The first-order chi connectivity index (χ1) is 15.1. The standard InChI is InChI=1S/C21H19N5O5/c1-29-13-9-10-14(15(11-13)30-2)18-16(19(27)12-7-5-4-6-8-12)17(20(28)31-3)22-21-23-24-25-26(18)21/h4-11,18H,1-3H3,(H,22,23,25). The predicted molar refractivity (Wildman–Crippen MR) is 109 cm³/mol. The van der Waals surface area contributed by atoms with E-state index >= 15 is 0 Å². The van der Waals surface area contributed by atoms with Gasteiger partial charge in [-0.1, -0.05) is 35.4 Å². The summed E-state index contributed by atoms with van der Waals surface area (Å²) in [5.41, 5.74) is 1.05. The number of allylic oxidation sites excluding steroid dienone is 1. The van der Waals surface area contributed by atoms with Crippen molar-refractivity contribution in [3.8, 4) is 11.5 Å². The third kappa shape index (κ3) is 3.48. The van der Waals surface area contributed by atoms with E-state index in [0.717, 1.165) is 0 Å². The number of Topliss-reactive ketones (excluding diaryl/α,β-unsaturated/α-hetero) is 1. The van der Waals surface area contributed by atoms with Crippen LogP contribution in [0.25, 0.3) is 0 Å². The van der Waals surface area contributed by atoms with Crippen LogP contribution in [0.1, 0.15) is 22.0 Å². The molecule has 1 aliphatic heterocycles. The van der Waals surface area contributed by atoms with Crippen LogP contribution < -0.4 is 14.8 Å². The van der Waals surface area contributed by atoms with Gasteiger partial charge in [-0.15, -0.1) is 0 Å². The monoisotopic (exact) mass is 421 g/mol. The van der Waals surface area contributed by atoms with Crippen LogP contribution in [-0.4, -0.2) is 53.3 Å². The lowest BCUT2D eigenvalue weighted by Gasteiger charge is -2.29. The summed E-state index contributed by atoms with van der Waals surface area (Å²) in [7, 11) is 4.28. The second kappa shape index (κ2) is 8.27. The molecule has 158 valence electrons. The van der Waals surface area contributed by atoms with Gasteiger partial charge in [0.15, 0.2) is 5.78 Å². The summed E-state index contributed by atoms with van der Waals surface area (Å²) >= 11 is 0. The highest BCUT2D eigenvalue weighted by Crippen LogP contribution is 2.41. The Bertz CT molecular complexity index is 1170. The smallest absolute Gasteiger partial charge is 0.355 e. The van der Waals surface area contributed by atoms with Gasteiger partial charge in [0.25, 0.3) is 0 Å². The van der Waals surface area contributed by atoms with Crippen LogP contribution in [0.15, 0.2) is 59.8 Å². The number of nitrogens with zero attached hydrogens (tertiary/aromatic N) is 4. The third-order valence-electron chi connectivity index (χ3n) is 4.92. The van der Waals surface area contributed by atoms with Gasteiger partial charge in [-0.2, -0.15) is 4.68 Å². The van der Waals surface area contributed by atoms with Gasteiger partial charge < -0.3 is 19.5 Å². The number of aromatic nitrogens is 4. The minimum Gasteiger partial charge on any atom is -0.497 e. The van der Waals surface area contributed by atoms with Crippen LogP contribution >= 0.6 is 0 Å². The van der Waals surface area contributed by atoms with E-state index < -0.39 is 12.0 Å². The largest absolute Gasteiger partial charge is 0.497 e. The second-order valence-electron chi connectivity index (χ2n) is 6.56. The highest BCUT2D eigenvalue weighted by Gasteiger charge is 2.39. The molecule has 3 aromatic rings. The van der Waals surface area contributed by atoms with Crippen LogP contribution in [0.3, 0.4) is 0 Å². The number of hydrogen-bond acceptors (Lipinski definition) is 9. The zero-order valence-electron chi connectivity index (χ0n) is 17.0. The lowest BCUT2D eigenvalue weighted by Crippen LogP contribution is -2.33. The molecule has 1 unspecified atom stereocenters. The quantitative estimate of drug-likeness (QED) is 0.471. The van der Waals surface area contributed by atoms with E-state index in [-0.39, 0.29) is 23.0 Å². The molecule has 0 fully saturated rings. The summed E-state index contributed by atoms with van der Waals surface area (Å²) in [6.45, 7) is 0. The topological polar surface area (TPSA) is 117 Å². The highest BCUT2D eigenvalue weighted by atomic mass is 16.5. The van der Waals surface area contributed by atoms with Gasteiger partial charge in [-0.3, -0.25) is 4.79 Å². The Hall–Kier alpha value is -4.21. The molecule has 2 aromatic carbocycles. The molecular weight excluding hydrogens is 402 g/mol. The van der Waals surface area contributed by atoms with E-state index in [1.807, 2.05) is 0 Å². The zero-order valence-corrected chi connectivity index (χ0v) is 17.0. The van der Waals surface area contributed by atoms with E-state index in [2.05, 4.69) is 20.8 Å². The number of benzene rings is 2. The summed E-state index contributed by atoms with van der Waals surface area (Å²) in [5.74, 6) is 0.103. The number of ketones is 1.